The molecule has 2 fully saturated rings. The summed E-state index contributed by atoms with van der Waals surface area (Å²) >= 11 is 0. The molecule has 242 valence electrons. The van der Waals surface area contributed by atoms with Crippen LogP contribution in [0.1, 0.15) is 23.6 Å². The van der Waals surface area contributed by atoms with Gasteiger partial charge < -0.3 is 54.7 Å². The van der Waals surface area contributed by atoms with Crippen LogP contribution in [0.5, 0.6) is 0 Å². The van der Waals surface area contributed by atoms with Gasteiger partial charge in [-0.25, -0.2) is 0 Å². The molecule has 45 heavy (non-hydrogen) atoms. The highest BCUT2D eigenvalue weighted by atomic mass is 16.8. The van der Waals surface area contributed by atoms with Gasteiger partial charge in [0.1, 0.15) is 42.7 Å². The van der Waals surface area contributed by atoms with Crippen molar-refractivity contribution in [2.75, 3.05) is 13.2 Å². The standard InChI is InChI=1S/C33H38O12/c1-19(36)42-31(32(20-11-5-2-6-12-20,21-13-7-3-8-14-21)22-15-9-4-10-16-22)33(29(41)26(38)24(18-35)44-33)45-30-28(40)27(39)25(37)23(17-34)43-30/h2-16,23-31,34-35,37-41H,17-18H2,1H3/t23-,24-,25-,26-,27+,28-,29+,30-,31?,33-/m1/s1. The maximum absolute atomic E-state index is 13.1. The molecule has 3 aromatic carbocycles. The number of benzene rings is 3. The van der Waals surface area contributed by atoms with E-state index in [9.17, 15) is 40.5 Å². The van der Waals surface area contributed by atoms with Crippen molar-refractivity contribution in [3.63, 3.8) is 0 Å². The summed E-state index contributed by atoms with van der Waals surface area (Å²) in [6.45, 7) is -0.431. The highest BCUT2D eigenvalue weighted by molar-refractivity contribution is 5.67. The third kappa shape index (κ3) is 5.79. The minimum absolute atomic E-state index is 0.545. The number of esters is 1. The third-order valence-electron chi connectivity index (χ3n) is 8.51. The van der Waals surface area contributed by atoms with E-state index in [0.717, 1.165) is 6.92 Å². The second kappa shape index (κ2) is 13.6. The fraction of sp³-hybridized carbons (Fsp3) is 0.424. The topological polar surface area (TPSA) is 196 Å². The monoisotopic (exact) mass is 626 g/mol. The van der Waals surface area contributed by atoms with Crippen molar-refractivity contribution >= 4 is 5.97 Å². The van der Waals surface area contributed by atoms with Crippen molar-refractivity contribution in [2.45, 2.75) is 73.2 Å². The van der Waals surface area contributed by atoms with E-state index >= 15 is 0 Å². The number of aliphatic hydroxyl groups is 7. The van der Waals surface area contributed by atoms with E-state index in [1.165, 1.54) is 0 Å². The molecule has 0 amide bonds. The van der Waals surface area contributed by atoms with Gasteiger partial charge in [-0.1, -0.05) is 91.0 Å². The Labute approximate surface area is 259 Å². The molecule has 0 bridgehead atoms. The maximum atomic E-state index is 13.1. The molecule has 2 aliphatic heterocycles. The second-order valence-electron chi connectivity index (χ2n) is 11.2. The van der Waals surface area contributed by atoms with Crippen LogP contribution in [0.15, 0.2) is 91.0 Å². The number of aliphatic hydroxyl groups excluding tert-OH is 7. The lowest BCUT2D eigenvalue weighted by molar-refractivity contribution is -0.399. The van der Waals surface area contributed by atoms with E-state index in [1.54, 1.807) is 91.0 Å². The molecule has 2 heterocycles. The van der Waals surface area contributed by atoms with Gasteiger partial charge in [-0.2, -0.15) is 0 Å². The first-order valence-electron chi connectivity index (χ1n) is 14.6. The van der Waals surface area contributed by atoms with Gasteiger partial charge in [-0.15, -0.1) is 0 Å². The molecular weight excluding hydrogens is 588 g/mol. The Kier molecular flexibility index (Phi) is 10.0. The van der Waals surface area contributed by atoms with Gasteiger partial charge in [0.25, 0.3) is 0 Å². The number of carbonyl (C=O) groups excluding carboxylic acids is 1. The highest BCUT2D eigenvalue weighted by Crippen LogP contribution is 2.52. The number of ether oxygens (including phenoxy) is 4. The summed E-state index contributed by atoms with van der Waals surface area (Å²) in [7, 11) is 0. The fourth-order valence-electron chi connectivity index (χ4n) is 6.38. The molecule has 1 unspecified atom stereocenters. The van der Waals surface area contributed by atoms with E-state index in [1.807, 2.05) is 0 Å². The van der Waals surface area contributed by atoms with E-state index in [4.69, 9.17) is 18.9 Å². The number of hydrogen-bond donors (Lipinski definition) is 7. The molecule has 5 rings (SSSR count). The molecule has 0 spiro atoms. The van der Waals surface area contributed by atoms with Crippen LogP contribution >= 0.6 is 0 Å². The lowest BCUT2D eigenvalue weighted by atomic mass is 9.63. The Morgan fingerprint density at radius 3 is 1.60 bits per heavy atom. The zero-order valence-corrected chi connectivity index (χ0v) is 24.4. The SMILES string of the molecule is CC(=O)OC(C(c1ccccc1)(c1ccccc1)c1ccccc1)[C@@]1(O[C@H]2O[C@H](CO)[C@@H](O)[C@H](O)[C@H]2O)O[C@H](CO)[C@@H](O)[C@@H]1O. The zero-order valence-electron chi connectivity index (χ0n) is 24.4. The van der Waals surface area contributed by atoms with Crippen molar-refractivity contribution < 1.29 is 59.5 Å². The fourth-order valence-corrected chi connectivity index (χ4v) is 6.38. The van der Waals surface area contributed by atoms with Crippen molar-refractivity contribution in [3.05, 3.63) is 108 Å². The Morgan fingerprint density at radius 1 is 0.733 bits per heavy atom. The molecular formula is C33H38O12. The maximum Gasteiger partial charge on any atom is 0.303 e. The van der Waals surface area contributed by atoms with Gasteiger partial charge in [0, 0.05) is 6.92 Å². The first kappa shape index (κ1) is 33.1. The predicted octanol–water partition coefficient (Wildman–Crippen LogP) is -0.422. The Bertz CT molecular complexity index is 1290. The Hall–Kier alpha value is -3.27. The summed E-state index contributed by atoms with van der Waals surface area (Å²) in [6.07, 6.45) is -15.9. The Balaban J connectivity index is 1.84. The summed E-state index contributed by atoms with van der Waals surface area (Å²) in [4.78, 5) is 13.1. The molecule has 12 nitrogen and oxygen atoms in total. The Morgan fingerprint density at radius 2 is 1.20 bits per heavy atom. The molecule has 7 N–H and O–H groups in total. The van der Waals surface area contributed by atoms with Crippen molar-refractivity contribution in [3.8, 4) is 0 Å². The summed E-state index contributed by atoms with van der Waals surface area (Å²) in [5.41, 5.74) is 0.0590. The molecule has 0 aromatic heterocycles. The summed E-state index contributed by atoms with van der Waals surface area (Å²) < 4.78 is 24.2. The smallest absolute Gasteiger partial charge is 0.303 e. The van der Waals surface area contributed by atoms with Crippen LogP contribution < -0.4 is 0 Å². The van der Waals surface area contributed by atoms with E-state index in [2.05, 4.69) is 0 Å². The van der Waals surface area contributed by atoms with E-state index in [-0.39, 0.29) is 0 Å². The van der Waals surface area contributed by atoms with Gasteiger partial charge >= 0.3 is 5.97 Å². The molecule has 3 aromatic rings. The van der Waals surface area contributed by atoms with Gasteiger partial charge in [0.2, 0.25) is 5.79 Å². The summed E-state index contributed by atoms with van der Waals surface area (Å²) in [5, 5.41) is 75.0. The zero-order chi connectivity index (χ0) is 32.4. The second-order valence-corrected chi connectivity index (χ2v) is 11.2. The van der Waals surface area contributed by atoms with Gasteiger partial charge in [-0.05, 0) is 16.7 Å². The molecule has 12 heteroatoms. The van der Waals surface area contributed by atoms with Gasteiger partial charge in [-0.3, -0.25) is 4.79 Å². The lowest BCUT2D eigenvalue weighted by Gasteiger charge is -2.51. The summed E-state index contributed by atoms with van der Waals surface area (Å²) in [6, 6.07) is 26.6. The van der Waals surface area contributed by atoms with E-state index in [0.29, 0.717) is 16.7 Å². The number of carbonyl (C=O) groups is 1. The molecule has 0 aliphatic carbocycles. The van der Waals surface area contributed by atoms with Crippen molar-refractivity contribution in [2.24, 2.45) is 0 Å². The average Bonchev–Trinajstić information content (AvgIpc) is 3.31. The van der Waals surface area contributed by atoms with Crippen LogP contribution in [0.3, 0.4) is 0 Å². The molecule has 0 saturated carbocycles. The van der Waals surface area contributed by atoms with Crippen LogP contribution in [0.25, 0.3) is 0 Å². The van der Waals surface area contributed by atoms with Crippen LogP contribution in [0.2, 0.25) is 0 Å². The van der Waals surface area contributed by atoms with Crippen LogP contribution in [-0.4, -0.2) is 116 Å². The molecule has 2 aliphatic rings. The van der Waals surface area contributed by atoms with Crippen LogP contribution in [0, 0.1) is 0 Å². The largest absolute Gasteiger partial charge is 0.455 e. The minimum Gasteiger partial charge on any atom is -0.455 e. The normalized spacial score (nSPS) is 32.6. The third-order valence-corrected chi connectivity index (χ3v) is 8.51. The first-order valence-corrected chi connectivity index (χ1v) is 14.6. The number of rotatable bonds is 10. The van der Waals surface area contributed by atoms with Crippen LogP contribution in [0.4, 0.5) is 0 Å². The first-order chi connectivity index (χ1) is 21.6. The highest BCUT2D eigenvalue weighted by Gasteiger charge is 2.69. The summed E-state index contributed by atoms with van der Waals surface area (Å²) in [5.74, 6) is -3.45. The van der Waals surface area contributed by atoms with Gasteiger partial charge in [0.05, 0.1) is 18.6 Å². The average molecular weight is 627 g/mol. The van der Waals surface area contributed by atoms with Crippen molar-refractivity contribution in [1.29, 1.82) is 0 Å². The molecule has 10 atom stereocenters. The van der Waals surface area contributed by atoms with E-state index < -0.39 is 85.5 Å². The number of hydrogen-bond acceptors (Lipinski definition) is 12. The lowest BCUT2D eigenvalue weighted by Crippen LogP contribution is -2.68. The van der Waals surface area contributed by atoms with Gasteiger partial charge in [0.15, 0.2) is 12.4 Å². The minimum atomic E-state index is -2.62. The quantitative estimate of drug-likeness (QED) is 0.114. The molecule has 2 saturated heterocycles. The predicted molar refractivity (Wildman–Crippen MR) is 156 cm³/mol. The molecule has 0 radical (unpaired) electrons. The van der Waals surface area contributed by atoms with Crippen molar-refractivity contribution in [1.82, 2.24) is 0 Å². The van der Waals surface area contributed by atoms with Crippen LogP contribution in [-0.2, 0) is 29.2 Å².